The molecule has 3 aromatic carbocycles. The molecular formula is C29H26Cl2N2O7. The SMILES string of the molecule is CCOc1cc(/C=C2\C(=O)NC(=O)N(c3cc(OC)c(Cl)cc3OC)C2=O)cc(Cl)c1OCc1ccc(C)cc1. The lowest BCUT2D eigenvalue weighted by Gasteiger charge is -2.28. The van der Waals surface area contributed by atoms with Crippen molar-refractivity contribution in [3.63, 3.8) is 0 Å². The fourth-order valence-electron chi connectivity index (χ4n) is 3.98. The topological polar surface area (TPSA) is 103 Å². The Morgan fingerprint density at radius 2 is 1.57 bits per heavy atom. The Kier molecular flexibility index (Phi) is 8.86. The molecule has 0 bridgehead atoms. The molecule has 1 aliphatic rings. The van der Waals surface area contributed by atoms with Crippen LogP contribution in [0, 0.1) is 6.92 Å². The number of halogens is 2. The fraction of sp³-hybridized carbons (Fsp3) is 0.207. The number of urea groups is 1. The standard InChI is InChI=1S/C29H26Cl2N2O7/c1-5-39-25-12-18(11-21(31)26(25)40-15-17-8-6-16(2)7-9-17)10-19-27(34)32-29(36)33(28(19)35)22-14-23(37-3)20(30)13-24(22)38-4/h6-14H,5,15H2,1-4H3,(H,32,34,36)/b19-10+. The van der Waals surface area contributed by atoms with E-state index in [1.54, 1.807) is 13.0 Å². The number of hydrogen-bond donors (Lipinski definition) is 1. The lowest BCUT2D eigenvalue weighted by Crippen LogP contribution is -2.54. The monoisotopic (exact) mass is 584 g/mol. The van der Waals surface area contributed by atoms with Gasteiger partial charge >= 0.3 is 6.03 Å². The molecule has 11 heteroatoms. The van der Waals surface area contributed by atoms with Crippen LogP contribution in [0.4, 0.5) is 10.5 Å². The number of imide groups is 2. The van der Waals surface area contributed by atoms with Crippen LogP contribution in [0.25, 0.3) is 6.08 Å². The Balaban J connectivity index is 1.70. The Morgan fingerprint density at radius 1 is 0.875 bits per heavy atom. The van der Waals surface area contributed by atoms with Gasteiger partial charge in [-0.3, -0.25) is 14.9 Å². The van der Waals surface area contributed by atoms with Crippen molar-refractivity contribution in [2.45, 2.75) is 20.5 Å². The van der Waals surface area contributed by atoms with Crippen molar-refractivity contribution in [2.75, 3.05) is 25.7 Å². The molecule has 0 saturated carbocycles. The molecule has 0 unspecified atom stereocenters. The van der Waals surface area contributed by atoms with Gasteiger partial charge in [-0.25, -0.2) is 9.69 Å². The number of nitrogens with zero attached hydrogens (tertiary/aromatic N) is 1. The number of nitrogens with one attached hydrogen (secondary N) is 1. The molecule has 1 aliphatic heterocycles. The zero-order chi connectivity index (χ0) is 29.0. The summed E-state index contributed by atoms with van der Waals surface area (Å²) in [5.74, 6) is -0.783. The highest BCUT2D eigenvalue weighted by Crippen LogP contribution is 2.40. The van der Waals surface area contributed by atoms with E-state index in [0.29, 0.717) is 23.7 Å². The lowest BCUT2D eigenvalue weighted by atomic mass is 10.1. The molecule has 0 radical (unpaired) electrons. The highest BCUT2D eigenvalue weighted by molar-refractivity contribution is 6.40. The summed E-state index contributed by atoms with van der Waals surface area (Å²) in [6, 6.07) is 12.8. The van der Waals surface area contributed by atoms with Crippen molar-refractivity contribution >= 4 is 52.8 Å². The Hall–Kier alpha value is -4.21. The minimum Gasteiger partial charge on any atom is -0.495 e. The molecule has 1 saturated heterocycles. The molecule has 4 amide bonds. The largest absolute Gasteiger partial charge is 0.495 e. The van der Waals surface area contributed by atoms with E-state index in [1.165, 1.54) is 38.5 Å². The first-order chi connectivity index (χ1) is 19.2. The van der Waals surface area contributed by atoms with E-state index in [9.17, 15) is 14.4 Å². The number of rotatable bonds is 9. The van der Waals surface area contributed by atoms with Crippen molar-refractivity contribution in [2.24, 2.45) is 0 Å². The average Bonchev–Trinajstić information content (AvgIpc) is 2.92. The summed E-state index contributed by atoms with van der Waals surface area (Å²) in [6.07, 6.45) is 1.31. The quantitative estimate of drug-likeness (QED) is 0.244. The van der Waals surface area contributed by atoms with Gasteiger partial charge in [-0.05, 0) is 43.2 Å². The van der Waals surface area contributed by atoms with Gasteiger partial charge in [-0.15, -0.1) is 0 Å². The van der Waals surface area contributed by atoms with Crippen LogP contribution in [0.2, 0.25) is 10.0 Å². The van der Waals surface area contributed by atoms with Crippen molar-refractivity contribution in [1.82, 2.24) is 5.32 Å². The zero-order valence-electron chi connectivity index (χ0n) is 22.2. The van der Waals surface area contributed by atoms with E-state index < -0.39 is 17.8 Å². The van der Waals surface area contributed by atoms with Crippen LogP contribution in [0.3, 0.4) is 0 Å². The van der Waals surface area contributed by atoms with E-state index in [2.05, 4.69) is 5.32 Å². The Bertz CT molecular complexity index is 1500. The second-order valence-corrected chi connectivity index (χ2v) is 9.47. The number of aryl methyl sites for hydroxylation is 1. The van der Waals surface area contributed by atoms with Gasteiger partial charge in [0.2, 0.25) is 0 Å². The maximum absolute atomic E-state index is 13.5. The summed E-state index contributed by atoms with van der Waals surface area (Å²) in [7, 11) is 2.74. The first kappa shape index (κ1) is 28.8. The van der Waals surface area contributed by atoms with Crippen molar-refractivity contribution in [3.05, 3.63) is 80.8 Å². The number of carbonyl (C=O) groups is 3. The zero-order valence-corrected chi connectivity index (χ0v) is 23.7. The van der Waals surface area contributed by atoms with Gasteiger partial charge in [0.25, 0.3) is 11.8 Å². The molecule has 0 aliphatic carbocycles. The third kappa shape index (κ3) is 6.00. The van der Waals surface area contributed by atoms with Crippen molar-refractivity contribution in [1.29, 1.82) is 0 Å². The minimum atomic E-state index is -0.956. The number of barbiturate groups is 1. The first-order valence-corrected chi connectivity index (χ1v) is 12.9. The third-order valence-electron chi connectivity index (χ3n) is 5.94. The van der Waals surface area contributed by atoms with Crippen molar-refractivity contribution in [3.8, 4) is 23.0 Å². The van der Waals surface area contributed by atoms with E-state index in [0.717, 1.165) is 16.0 Å². The average molecular weight is 585 g/mol. The Morgan fingerprint density at radius 3 is 2.23 bits per heavy atom. The fourth-order valence-corrected chi connectivity index (χ4v) is 4.48. The molecule has 0 atom stereocenters. The number of anilines is 1. The highest BCUT2D eigenvalue weighted by atomic mass is 35.5. The van der Waals surface area contributed by atoms with Gasteiger partial charge in [-0.2, -0.15) is 0 Å². The van der Waals surface area contributed by atoms with Crippen LogP contribution >= 0.6 is 23.2 Å². The Labute approximate surface area is 241 Å². The van der Waals surface area contributed by atoms with Crippen LogP contribution in [0.5, 0.6) is 23.0 Å². The highest BCUT2D eigenvalue weighted by Gasteiger charge is 2.38. The number of amides is 4. The predicted molar refractivity (Wildman–Crippen MR) is 152 cm³/mol. The van der Waals surface area contributed by atoms with Crippen molar-refractivity contribution < 1.29 is 33.3 Å². The molecular weight excluding hydrogens is 559 g/mol. The number of benzene rings is 3. The minimum absolute atomic E-state index is 0.0394. The molecule has 9 nitrogen and oxygen atoms in total. The number of hydrogen-bond acceptors (Lipinski definition) is 7. The van der Waals surface area contributed by atoms with Crippen LogP contribution < -0.4 is 29.2 Å². The van der Waals surface area contributed by atoms with E-state index in [-0.39, 0.29) is 39.4 Å². The number of methoxy groups -OCH3 is 2. The maximum Gasteiger partial charge on any atom is 0.336 e. The predicted octanol–water partition coefficient (Wildman–Crippen LogP) is 5.96. The van der Waals surface area contributed by atoms with Crippen LogP contribution in [-0.4, -0.2) is 38.7 Å². The normalized spacial score (nSPS) is 14.3. The lowest BCUT2D eigenvalue weighted by molar-refractivity contribution is -0.122. The summed E-state index contributed by atoms with van der Waals surface area (Å²) in [4.78, 5) is 39.8. The molecule has 0 spiro atoms. The second kappa shape index (κ2) is 12.3. The van der Waals surface area contributed by atoms with Crippen LogP contribution in [0.15, 0.2) is 54.1 Å². The molecule has 0 aromatic heterocycles. The molecule has 1 fully saturated rings. The second-order valence-electron chi connectivity index (χ2n) is 8.65. The van der Waals surface area contributed by atoms with E-state index >= 15 is 0 Å². The number of ether oxygens (including phenoxy) is 4. The van der Waals surface area contributed by atoms with Gasteiger partial charge in [0.1, 0.15) is 23.7 Å². The first-order valence-electron chi connectivity index (χ1n) is 12.1. The molecule has 40 heavy (non-hydrogen) atoms. The molecule has 4 rings (SSSR count). The third-order valence-corrected chi connectivity index (χ3v) is 6.52. The van der Waals surface area contributed by atoms with Gasteiger partial charge in [-0.1, -0.05) is 53.0 Å². The molecule has 1 N–H and O–H groups in total. The smallest absolute Gasteiger partial charge is 0.336 e. The van der Waals surface area contributed by atoms with Gasteiger partial charge in [0, 0.05) is 12.1 Å². The van der Waals surface area contributed by atoms with Gasteiger partial charge in [0.05, 0.1) is 36.6 Å². The molecule has 3 aromatic rings. The summed E-state index contributed by atoms with van der Waals surface area (Å²) in [5, 5.41) is 2.61. The summed E-state index contributed by atoms with van der Waals surface area (Å²) in [5.41, 5.74) is 2.17. The molecule has 1 heterocycles. The summed E-state index contributed by atoms with van der Waals surface area (Å²) in [6.45, 7) is 4.37. The van der Waals surface area contributed by atoms with Gasteiger partial charge < -0.3 is 18.9 Å². The van der Waals surface area contributed by atoms with E-state index in [1.807, 2.05) is 31.2 Å². The maximum atomic E-state index is 13.5. The van der Waals surface area contributed by atoms with Gasteiger partial charge in [0.15, 0.2) is 11.5 Å². The van der Waals surface area contributed by atoms with E-state index in [4.69, 9.17) is 42.1 Å². The number of carbonyl (C=O) groups excluding carboxylic acids is 3. The summed E-state index contributed by atoms with van der Waals surface area (Å²) >= 11 is 12.7. The van der Waals surface area contributed by atoms with Crippen LogP contribution in [-0.2, 0) is 16.2 Å². The van der Waals surface area contributed by atoms with Crippen LogP contribution in [0.1, 0.15) is 23.6 Å². The summed E-state index contributed by atoms with van der Waals surface area (Å²) < 4.78 is 22.3. The molecule has 208 valence electrons.